The maximum atomic E-state index is 4.25. The smallest absolute Gasteiger partial charge is 0.176 e. The number of halogens is 1. The van der Waals surface area contributed by atoms with E-state index in [2.05, 4.69) is 43.2 Å². The minimum absolute atomic E-state index is 0.296. The van der Waals surface area contributed by atoms with Gasteiger partial charge in [0, 0.05) is 11.0 Å². The van der Waals surface area contributed by atoms with Gasteiger partial charge >= 0.3 is 0 Å². The maximum Gasteiger partial charge on any atom is 0.176 e. The van der Waals surface area contributed by atoms with Crippen molar-refractivity contribution in [3.05, 3.63) is 29.7 Å². The van der Waals surface area contributed by atoms with E-state index in [9.17, 15) is 0 Å². The first kappa shape index (κ1) is 10.2. The highest BCUT2D eigenvalue weighted by Gasteiger charge is 2.04. The van der Waals surface area contributed by atoms with Crippen LogP contribution < -0.4 is 0 Å². The van der Waals surface area contributed by atoms with Crippen LogP contribution in [0.4, 0.5) is 0 Å². The highest BCUT2D eigenvalue weighted by atomic mass is 79.9. The van der Waals surface area contributed by atoms with Crippen LogP contribution in [0.15, 0.2) is 18.3 Å². The molecule has 0 aliphatic carbocycles. The average molecular weight is 268 g/mol. The minimum Gasteiger partial charge on any atom is -0.235 e. The second-order valence-corrected chi connectivity index (χ2v) is 4.57. The molecule has 2 aromatic rings. The van der Waals surface area contributed by atoms with Gasteiger partial charge in [-0.2, -0.15) is 0 Å². The Balaban J connectivity index is 2.31. The molecule has 0 saturated carbocycles. The molecule has 6 heteroatoms. The Morgan fingerprint density at radius 1 is 1.40 bits per heavy atom. The van der Waals surface area contributed by atoms with E-state index in [1.54, 1.807) is 13.1 Å². The molecule has 0 bridgehead atoms. The third-order valence-corrected chi connectivity index (χ3v) is 2.48. The fraction of sp³-hybridized carbons (Fsp3) is 0.333. The molecular formula is C9H10BrN5. The van der Waals surface area contributed by atoms with Crippen LogP contribution in [-0.4, -0.2) is 25.2 Å². The van der Waals surface area contributed by atoms with Gasteiger partial charge in [0.05, 0.1) is 0 Å². The topological polar surface area (TPSA) is 56.5 Å². The van der Waals surface area contributed by atoms with Crippen LogP contribution in [0.5, 0.6) is 0 Å². The number of rotatable bonds is 2. The molecule has 0 saturated heterocycles. The Bertz CT molecular complexity index is 448. The van der Waals surface area contributed by atoms with E-state index < -0.39 is 0 Å². The number of nitrogens with zero attached hydrogens (tertiary/aromatic N) is 5. The normalized spacial score (nSPS) is 12.7. The van der Waals surface area contributed by atoms with Crippen LogP contribution in [0.1, 0.15) is 23.1 Å². The Kier molecular flexibility index (Phi) is 2.77. The maximum absolute atomic E-state index is 4.25. The zero-order chi connectivity index (χ0) is 10.8. The van der Waals surface area contributed by atoms with E-state index in [-0.39, 0.29) is 0 Å². The zero-order valence-corrected chi connectivity index (χ0v) is 10.0. The van der Waals surface area contributed by atoms with Crippen molar-refractivity contribution in [2.75, 3.05) is 0 Å². The molecule has 2 heterocycles. The third kappa shape index (κ3) is 2.20. The molecular weight excluding hydrogens is 258 g/mol. The van der Waals surface area contributed by atoms with Crippen molar-refractivity contribution >= 4 is 15.9 Å². The van der Waals surface area contributed by atoms with E-state index >= 15 is 0 Å². The molecule has 0 N–H and O–H groups in total. The van der Waals surface area contributed by atoms with Gasteiger partial charge in [-0.1, -0.05) is 22.0 Å². The first-order valence-electron chi connectivity index (χ1n) is 4.54. The van der Waals surface area contributed by atoms with Crippen LogP contribution in [0.25, 0.3) is 5.82 Å². The van der Waals surface area contributed by atoms with Gasteiger partial charge in [0.15, 0.2) is 11.6 Å². The van der Waals surface area contributed by atoms with Gasteiger partial charge in [0.2, 0.25) is 0 Å². The molecule has 5 nitrogen and oxygen atoms in total. The summed E-state index contributed by atoms with van der Waals surface area (Å²) in [5.74, 6) is 1.31. The predicted octanol–water partition coefficient (Wildman–Crippen LogP) is 1.82. The molecule has 0 aromatic carbocycles. The number of tetrazole rings is 1. The fourth-order valence-electron chi connectivity index (χ4n) is 1.13. The highest BCUT2D eigenvalue weighted by molar-refractivity contribution is 9.09. The quantitative estimate of drug-likeness (QED) is 0.779. The van der Waals surface area contributed by atoms with Crippen LogP contribution in [0.3, 0.4) is 0 Å². The van der Waals surface area contributed by atoms with Crippen LogP contribution in [0.2, 0.25) is 0 Å². The second kappa shape index (κ2) is 4.06. The SMILES string of the molecule is Cc1nnn(-c2ccc(C(C)Br)cn2)n1. The largest absolute Gasteiger partial charge is 0.235 e. The molecule has 0 spiro atoms. The van der Waals surface area contributed by atoms with Gasteiger partial charge in [-0.3, -0.25) is 0 Å². The number of aryl methyl sites for hydroxylation is 1. The van der Waals surface area contributed by atoms with Gasteiger partial charge in [-0.15, -0.1) is 15.0 Å². The molecule has 78 valence electrons. The molecule has 2 rings (SSSR count). The molecule has 0 radical (unpaired) electrons. The zero-order valence-electron chi connectivity index (χ0n) is 8.42. The Labute approximate surface area is 95.7 Å². The van der Waals surface area contributed by atoms with Crippen molar-refractivity contribution in [2.24, 2.45) is 0 Å². The first-order valence-corrected chi connectivity index (χ1v) is 5.45. The number of hydrogen-bond acceptors (Lipinski definition) is 4. The summed E-state index contributed by atoms with van der Waals surface area (Å²) in [5, 5.41) is 11.7. The molecule has 1 atom stereocenters. The lowest BCUT2D eigenvalue weighted by Crippen LogP contribution is -2.02. The first-order chi connectivity index (χ1) is 7.16. The number of pyridine rings is 1. The van der Waals surface area contributed by atoms with E-state index in [1.165, 1.54) is 4.80 Å². The Morgan fingerprint density at radius 3 is 2.67 bits per heavy atom. The van der Waals surface area contributed by atoms with Crippen molar-refractivity contribution < 1.29 is 0 Å². The van der Waals surface area contributed by atoms with Crippen LogP contribution in [0, 0.1) is 6.92 Å². The summed E-state index contributed by atoms with van der Waals surface area (Å²) in [6.07, 6.45) is 1.80. The third-order valence-electron chi connectivity index (χ3n) is 1.95. The Hall–Kier alpha value is -1.30. The predicted molar refractivity (Wildman–Crippen MR) is 59.0 cm³/mol. The van der Waals surface area contributed by atoms with Crippen molar-refractivity contribution in [1.29, 1.82) is 0 Å². The molecule has 0 aliphatic rings. The summed E-state index contributed by atoms with van der Waals surface area (Å²) in [4.78, 5) is 5.96. The van der Waals surface area contributed by atoms with Crippen molar-refractivity contribution in [1.82, 2.24) is 25.2 Å². The minimum atomic E-state index is 0.296. The second-order valence-electron chi connectivity index (χ2n) is 3.19. The lowest BCUT2D eigenvalue weighted by Gasteiger charge is -2.03. The highest BCUT2D eigenvalue weighted by Crippen LogP contribution is 2.20. The molecule has 2 aromatic heterocycles. The van der Waals surface area contributed by atoms with Gasteiger partial charge in [-0.05, 0) is 30.7 Å². The van der Waals surface area contributed by atoms with Gasteiger partial charge < -0.3 is 0 Å². The van der Waals surface area contributed by atoms with Gasteiger partial charge in [0.1, 0.15) is 0 Å². The summed E-state index contributed by atoms with van der Waals surface area (Å²) in [7, 11) is 0. The van der Waals surface area contributed by atoms with Crippen molar-refractivity contribution in [3.63, 3.8) is 0 Å². The van der Waals surface area contributed by atoms with E-state index in [0.717, 1.165) is 5.56 Å². The molecule has 15 heavy (non-hydrogen) atoms. The van der Waals surface area contributed by atoms with E-state index in [0.29, 0.717) is 16.5 Å². The van der Waals surface area contributed by atoms with E-state index in [1.807, 2.05) is 12.1 Å². The lowest BCUT2D eigenvalue weighted by molar-refractivity contribution is 0.698. The average Bonchev–Trinajstić information content (AvgIpc) is 2.65. The van der Waals surface area contributed by atoms with Crippen LogP contribution in [-0.2, 0) is 0 Å². The van der Waals surface area contributed by atoms with E-state index in [4.69, 9.17) is 0 Å². The molecule has 1 unspecified atom stereocenters. The summed E-state index contributed by atoms with van der Waals surface area (Å²) in [5.41, 5.74) is 1.12. The molecule has 0 amide bonds. The summed E-state index contributed by atoms with van der Waals surface area (Å²) < 4.78 is 0. The molecule has 0 aliphatic heterocycles. The Morgan fingerprint density at radius 2 is 2.20 bits per heavy atom. The number of hydrogen-bond donors (Lipinski definition) is 0. The summed E-state index contributed by atoms with van der Waals surface area (Å²) >= 11 is 3.48. The monoisotopic (exact) mass is 267 g/mol. The summed E-state index contributed by atoms with van der Waals surface area (Å²) in [6, 6.07) is 3.86. The fourth-order valence-corrected chi connectivity index (χ4v) is 1.40. The number of alkyl halides is 1. The van der Waals surface area contributed by atoms with Crippen LogP contribution >= 0.6 is 15.9 Å². The van der Waals surface area contributed by atoms with Crippen molar-refractivity contribution in [3.8, 4) is 5.82 Å². The lowest BCUT2D eigenvalue weighted by atomic mass is 10.2. The van der Waals surface area contributed by atoms with Gasteiger partial charge in [0.25, 0.3) is 0 Å². The standard InChI is InChI=1S/C9H10BrN5/c1-6(10)8-3-4-9(11-5-8)15-13-7(2)12-14-15/h3-6H,1-2H3. The van der Waals surface area contributed by atoms with Gasteiger partial charge in [-0.25, -0.2) is 4.98 Å². The summed E-state index contributed by atoms with van der Waals surface area (Å²) in [6.45, 7) is 3.84. The molecule has 0 fully saturated rings. The number of aromatic nitrogens is 5. The van der Waals surface area contributed by atoms with Crippen molar-refractivity contribution in [2.45, 2.75) is 18.7 Å².